The van der Waals surface area contributed by atoms with Gasteiger partial charge in [0.25, 0.3) is 0 Å². The highest BCUT2D eigenvalue weighted by Gasteiger charge is 2.69. The van der Waals surface area contributed by atoms with Crippen LogP contribution < -0.4 is 0 Å². The number of carboxylic acid groups (broad SMARTS) is 1. The Kier molecular flexibility index (Phi) is 2.45. The van der Waals surface area contributed by atoms with Gasteiger partial charge < -0.3 is 10.0 Å². The first kappa shape index (κ1) is 13.1. The second-order valence-electron chi connectivity index (χ2n) is 4.44. The zero-order valence-corrected chi connectivity index (χ0v) is 9.58. The number of likely N-dealkylation sites (tertiary alicyclic amines) is 1. The van der Waals surface area contributed by atoms with Gasteiger partial charge in [-0.25, -0.2) is 8.42 Å². The summed E-state index contributed by atoms with van der Waals surface area (Å²) in [5.74, 6) is -4.41. The highest BCUT2D eigenvalue weighted by Crippen LogP contribution is 2.47. The third-order valence-corrected chi connectivity index (χ3v) is 5.71. The highest BCUT2D eigenvalue weighted by atomic mass is 32.2. The third-order valence-electron chi connectivity index (χ3n) is 3.32. The fourth-order valence-corrected chi connectivity index (χ4v) is 4.83. The zero-order valence-electron chi connectivity index (χ0n) is 8.77. The number of rotatable bonds is 1. The van der Waals surface area contributed by atoms with E-state index in [9.17, 15) is 31.2 Å². The summed E-state index contributed by atoms with van der Waals surface area (Å²) in [6, 6.07) is 0. The Hall–Kier alpha value is -1.32. The summed E-state index contributed by atoms with van der Waals surface area (Å²) in [4.78, 5) is 22.2. The number of hydrogen-bond donors (Lipinski definition) is 1. The molecule has 0 unspecified atom stereocenters. The minimum absolute atomic E-state index is 0.253. The van der Waals surface area contributed by atoms with Gasteiger partial charge in [0.2, 0.25) is 0 Å². The number of alkyl halides is 3. The van der Waals surface area contributed by atoms with Crippen LogP contribution in [-0.2, 0) is 19.4 Å². The van der Waals surface area contributed by atoms with Crippen molar-refractivity contribution in [3.63, 3.8) is 0 Å². The molecule has 6 nitrogen and oxygen atoms in total. The molecule has 0 radical (unpaired) electrons. The van der Waals surface area contributed by atoms with Crippen LogP contribution in [0.3, 0.4) is 0 Å². The molecule has 2 atom stereocenters. The van der Waals surface area contributed by atoms with Crippen LogP contribution in [0.25, 0.3) is 0 Å². The summed E-state index contributed by atoms with van der Waals surface area (Å²) in [7, 11) is -3.72. The van der Waals surface area contributed by atoms with Gasteiger partial charge in [-0.3, -0.25) is 9.59 Å². The summed E-state index contributed by atoms with van der Waals surface area (Å²) >= 11 is 0. The lowest BCUT2D eigenvalue weighted by Crippen LogP contribution is -2.61. The molecule has 18 heavy (non-hydrogen) atoms. The van der Waals surface area contributed by atoms with E-state index in [2.05, 4.69) is 0 Å². The van der Waals surface area contributed by atoms with Crippen LogP contribution in [0.2, 0.25) is 0 Å². The van der Waals surface area contributed by atoms with E-state index in [1.807, 2.05) is 0 Å². The van der Waals surface area contributed by atoms with Crippen LogP contribution in [0, 0.1) is 5.41 Å². The van der Waals surface area contributed by atoms with Gasteiger partial charge in [-0.1, -0.05) is 0 Å². The van der Waals surface area contributed by atoms with Crippen LogP contribution in [-0.4, -0.2) is 60.6 Å². The Labute approximate surface area is 99.3 Å². The molecule has 2 aliphatic heterocycles. The number of halogens is 3. The van der Waals surface area contributed by atoms with Gasteiger partial charge in [0, 0.05) is 13.1 Å². The number of nitrogens with zero attached hydrogens (tertiary/aromatic N) is 1. The van der Waals surface area contributed by atoms with E-state index < -0.39 is 57.4 Å². The van der Waals surface area contributed by atoms with Gasteiger partial charge in [-0.05, 0) is 0 Å². The number of hydrogen-bond acceptors (Lipinski definition) is 4. The van der Waals surface area contributed by atoms with E-state index in [1.54, 1.807) is 0 Å². The molecule has 0 aromatic heterocycles. The maximum Gasteiger partial charge on any atom is 0.471 e. The number of carbonyl (C=O) groups excluding carboxylic acids is 1. The lowest BCUT2D eigenvalue weighted by atomic mass is 9.88. The van der Waals surface area contributed by atoms with E-state index in [4.69, 9.17) is 5.11 Å². The quantitative estimate of drug-likeness (QED) is 0.685. The van der Waals surface area contributed by atoms with E-state index in [0.717, 1.165) is 0 Å². The Morgan fingerprint density at radius 3 is 2.22 bits per heavy atom. The van der Waals surface area contributed by atoms with Gasteiger partial charge in [-0.2, -0.15) is 13.2 Å². The maximum absolute atomic E-state index is 12.2. The average molecular weight is 287 g/mol. The second kappa shape index (κ2) is 3.37. The lowest BCUT2D eigenvalue weighted by Gasteiger charge is -2.38. The molecule has 0 aromatic rings. The number of aliphatic carboxylic acids is 1. The average Bonchev–Trinajstić information content (AvgIpc) is 2.51. The molecule has 2 heterocycles. The maximum atomic E-state index is 12.2. The standard InChI is InChI=1S/C8H8F3NO5S/c9-8(10,11)5(13)12-1-4-7(2-12,6(14)15)3-18(4,16)17/h4H,1-3H2,(H,14,15)/t4-,7+/m0/s1. The fraction of sp³-hybridized carbons (Fsp3) is 0.750. The van der Waals surface area contributed by atoms with Gasteiger partial charge in [0.05, 0.1) is 11.0 Å². The van der Waals surface area contributed by atoms with Gasteiger partial charge in [-0.15, -0.1) is 0 Å². The number of fused-ring (bicyclic) bond motifs is 1. The molecular formula is C8H8F3NO5S. The van der Waals surface area contributed by atoms with Crippen molar-refractivity contribution in [1.82, 2.24) is 4.90 Å². The Morgan fingerprint density at radius 2 is 1.89 bits per heavy atom. The molecule has 0 bridgehead atoms. The summed E-state index contributed by atoms with van der Waals surface area (Å²) in [5, 5.41) is 7.51. The predicted octanol–water partition coefficient (Wildman–Crippen LogP) is -0.741. The van der Waals surface area contributed by atoms with E-state index >= 15 is 0 Å². The summed E-state index contributed by atoms with van der Waals surface area (Å²) < 4.78 is 59.3. The SMILES string of the molecule is O=C(N1C[C@H]2[C@@](C(=O)O)(C1)CS2(=O)=O)C(F)(F)F. The molecule has 1 N–H and O–H groups in total. The Bertz CT molecular complexity index is 527. The van der Waals surface area contributed by atoms with Crippen LogP contribution in [0.1, 0.15) is 0 Å². The van der Waals surface area contributed by atoms with Crippen molar-refractivity contribution < 1.29 is 36.3 Å². The van der Waals surface area contributed by atoms with Gasteiger partial charge in [0.15, 0.2) is 9.84 Å². The zero-order chi connectivity index (χ0) is 13.9. The summed E-state index contributed by atoms with van der Waals surface area (Å²) in [6.45, 7) is -1.43. The monoisotopic (exact) mass is 287 g/mol. The fourth-order valence-electron chi connectivity index (χ4n) is 2.44. The Morgan fingerprint density at radius 1 is 1.33 bits per heavy atom. The molecule has 2 rings (SSSR count). The molecule has 102 valence electrons. The van der Waals surface area contributed by atoms with Crippen molar-refractivity contribution in [3.05, 3.63) is 0 Å². The molecule has 10 heteroatoms. The first-order valence-electron chi connectivity index (χ1n) is 4.82. The third kappa shape index (κ3) is 1.58. The van der Waals surface area contributed by atoms with Crippen molar-refractivity contribution >= 4 is 21.7 Å². The van der Waals surface area contributed by atoms with E-state index in [-0.39, 0.29) is 4.90 Å². The van der Waals surface area contributed by atoms with Crippen LogP contribution >= 0.6 is 0 Å². The second-order valence-corrected chi connectivity index (χ2v) is 6.62. The first-order chi connectivity index (χ1) is 8.01. The van der Waals surface area contributed by atoms with Crippen molar-refractivity contribution in [2.75, 3.05) is 18.8 Å². The molecule has 0 saturated carbocycles. The van der Waals surface area contributed by atoms with Crippen LogP contribution in [0.4, 0.5) is 13.2 Å². The minimum Gasteiger partial charge on any atom is -0.481 e. The van der Waals surface area contributed by atoms with Gasteiger partial charge >= 0.3 is 18.1 Å². The van der Waals surface area contributed by atoms with Crippen molar-refractivity contribution in [1.29, 1.82) is 0 Å². The summed E-state index contributed by atoms with van der Waals surface area (Å²) in [6.07, 6.45) is -5.13. The lowest BCUT2D eigenvalue weighted by molar-refractivity contribution is -0.184. The van der Waals surface area contributed by atoms with E-state index in [1.165, 1.54) is 0 Å². The summed E-state index contributed by atoms with van der Waals surface area (Å²) in [5.41, 5.74) is -1.78. The number of amides is 1. The number of sulfone groups is 1. The highest BCUT2D eigenvalue weighted by molar-refractivity contribution is 7.93. The topological polar surface area (TPSA) is 91.8 Å². The van der Waals surface area contributed by atoms with Gasteiger partial charge in [0.1, 0.15) is 5.41 Å². The normalized spacial score (nSPS) is 33.7. The van der Waals surface area contributed by atoms with Crippen molar-refractivity contribution in [3.8, 4) is 0 Å². The smallest absolute Gasteiger partial charge is 0.471 e. The van der Waals surface area contributed by atoms with Crippen LogP contribution in [0.5, 0.6) is 0 Å². The van der Waals surface area contributed by atoms with Crippen molar-refractivity contribution in [2.45, 2.75) is 11.4 Å². The minimum atomic E-state index is -5.13. The Balaban J connectivity index is 2.29. The molecule has 2 fully saturated rings. The molecule has 2 aliphatic rings. The molecule has 1 amide bonds. The van der Waals surface area contributed by atoms with E-state index in [0.29, 0.717) is 0 Å². The van der Waals surface area contributed by atoms with Crippen molar-refractivity contribution in [2.24, 2.45) is 5.41 Å². The van der Waals surface area contributed by atoms with Crippen LogP contribution in [0.15, 0.2) is 0 Å². The largest absolute Gasteiger partial charge is 0.481 e. The molecule has 0 aliphatic carbocycles. The molecule has 2 saturated heterocycles. The molecule has 0 aromatic carbocycles. The predicted molar refractivity (Wildman–Crippen MR) is 50.3 cm³/mol. The molecular weight excluding hydrogens is 279 g/mol. The number of carboxylic acids is 1. The molecule has 0 spiro atoms. The number of carbonyl (C=O) groups is 2. The first-order valence-corrected chi connectivity index (χ1v) is 6.53.